The van der Waals surface area contributed by atoms with Gasteiger partial charge in [0.2, 0.25) is 17.7 Å². The Kier molecular flexibility index (Phi) is 11.9. The zero-order valence-corrected chi connectivity index (χ0v) is 22.8. The largest absolute Gasteiger partial charge is 0.368 e. The van der Waals surface area contributed by atoms with Crippen LogP contribution in [0.1, 0.15) is 63.4 Å². The molecule has 212 valence electrons. The molecule has 0 aromatic heterocycles. The fourth-order valence-corrected chi connectivity index (χ4v) is 5.42. The number of hydrogen-bond donors (Lipinski definition) is 4. The van der Waals surface area contributed by atoms with Gasteiger partial charge in [0.1, 0.15) is 6.04 Å². The maximum Gasteiger partial charge on any atom is 0.239 e. The number of fused-ring (bicyclic) bond motifs is 1. The minimum Gasteiger partial charge on any atom is -0.368 e. The molecule has 0 spiro atoms. The van der Waals surface area contributed by atoms with Gasteiger partial charge in [-0.3, -0.25) is 19.2 Å². The molecule has 1 heterocycles. The van der Waals surface area contributed by atoms with E-state index in [-0.39, 0.29) is 30.4 Å². The summed E-state index contributed by atoms with van der Waals surface area (Å²) in [7, 11) is 0. The van der Waals surface area contributed by atoms with E-state index in [2.05, 4.69) is 5.32 Å². The first-order valence-electron chi connectivity index (χ1n) is 14.1. The number of nitrogens with one attached hydrogen (secondary N) is 1. The number of primary amides is 1. The molecule has 1 aliphatic rings. The van der Waals surface area contributed by atoms with Crippen LogP contribution in [0.3, 0.4) is 0 Å². The van der Waals surface area contributed by atoms with Gasteiger partial charge in [-0.25, -0.2) is 0 Å². The Hall–Kier alpha value is -3.30. The standard InChI is InChI=1S/C30H43N5O4/c31-16-5-3-10-23(30(39)34-25(29(33)38)14-4-6-17-32)19-27(36)26-15-8-18-35(26)28(37)20-22-12-7-11-21-9-1-2-13-24(21)22/h1-2,7,9,11-13,23,25-26H,3-6,8,10,14-20,31-32H2,(H2,33,38)(H,34,39)/t23-,25+,26+/m1/s1. The predicted molar refractivity (Wildman–Crippen MR) is 152 cm³/mol. The third-order valence-electron chi connectivity index (χ3n) is 7.60. The lowest BCUT2D eigenvalue weighted by Gasteiger charge is -2.26. The van der Waals surface area contributed by atoms with Crippen molar-refractivity contribution in [1.29, 1.82) is 0 Å². The second-order valence-corrected chi connectivity index (χ2v) is 10.5. The number of nitrogens with zero attached hydrogens (tertiary/aromatic N) is 1. The third kappa shape index (κ3) is 8.60. The number of Topliss-reactive ketones (excluding diaryl/α,β-unsaturated/α-hetero) is 1. The highest BCUT2D eigenvalue weighted by molar-refractivity contribution is 5.95. The molecule has 7 N–H and O–H groups in total. The van der Waals surface area contributed by atoms with Crippen molar-refractivity contribution in [3.05, 3.63) is 48.0 Å². The van der Waals surface area contributed by atoms with Crippen LogP contribution in [0.25, 0.3) is 10.8 Å². The van der Waals surface area contributed by atoms with Crippen LogP contribution < -0.4 is 22.5 Å². The van der Waals surface area contributed by atoms with Crippen LogP contribution in [0.15, 0.2) is 42.5 Å². The Labute approximate surface area is 230 Å². The van der Waals surface area contributed by atoms with Crippen molar-refractivity contribution in [2.45, 2.75) is 76.3 Å². The highest BCUT2D eigenvalue weighted by Crippen LogP contribution is 2.26. The monoisotopic (exact) mass is 537 g/mol. The minimum atomic E-state index is -0.804. The molecule has 0 radical (unpaired) electrons. The van der Waals surface area contributed by atoms with E-state index in [1.807, 2.05) is 42.5 Å². The lowest BCUT2D eigenvalue weighted by molar-refractivity contribution is -0.138. The summed E-state index contributed by atoms with van der Waals surface area (Å²) in [5, 5.41) is 4.86. The molecule has 39 heavy (non-hydrogen) atoms. The molecule has 1 fully saturated rings. The Balaban J connectivity index is 1.68. The zero-order chi connectivity index (χ0) is 28.2. The fourth-order valence-electron chi connectivity index (χ4n) is 5.42. The van der Waals surface area contributed by atoms with Gasteiger partial charge in [0.25, 0.3) is 0 Å². The van der Waals surface area contributed by atoms with E-state index in [0.717, 1.165) is 35.6 Å². The maximum atomic E-state index is 13.5. The second kappa shape index (κ2) is 15.3. The number of hydrogen-bond acceptors (Lipinski definition) is 6. The van der Waals surface area contributed by atoms with Gasteiger partial charge < -0.3 is 27.4 Å². The van der Waals surface area contributed by atoms with E-state index in [4.69, 9.17) is 17.2 Å². The number of amides is 3. The summed E-state index contributed by atoms with van der Waals surface area (Å²) in [5.74, 6) is -1.78. The van der Waals surface area contributed by atoms with Crippen LogP contribution in [0, 0.1) is 5.92 Å². The first kappa shape index (κ1) is 30.2. The molecule has 1 saturated heterocycles. The van der Waals surface area contributed by atoms with E-state index in [0.29, 0.717) is 51.7 Å². The molecule has 1 aliphatic heterocycles. The number of likely N-dealkylation sites (tertiary alicyclic amines) is 1. The maximum absolute atomic E-state index is 13.5. The average Bonchev–Trinajstić information content (AvgIpc) is 3.43. The number of benzene rings is 2. The minimum absolute atomic E-state index is 0.00734. The van der Waals surface area contributed by atoms with Crippen molar-refractivity contribution < 1.29 is 19.2 Å². The van der Waals surface area contributed by atoms with E-state index < -0.39 is 23.9 Å². The Bertz CT molecular complexity index is 1130. The molecule has 3 atom stereocenters. The predicted octanol–water partition coefficient (Wildman–Crippen LogP) is 2.18. The van der Waals surface area contributed by atoms with Gasteiger partial charge in [-0.2, -0.15) is 0 Å². The number of rotatable bonds is 16. The van der Waals surface area contributed by atoms with Crippen molar-refractivity contribution in [1.82, 2.24) is 10.2 Å². The van der Waals surface area contributed by atoms with Crippen LogP contribution in [0.5, 0.6) is 0 Å². The van der Waals surface area contributed by atoms with Crippen molar-refractivity contribution in [2.75, 3.05) is 19.6 Å². The summed E-state index contributed by atoms with van der Waals surface area (Å²) in [6, 6.07) is 12.5. The van der Waals surface area contributed by atoms with E-state index >= 15 is 0 Å². The summed E-state index contributed by atoms with van der Waals surface area (Å²) in [6.45, 7) is 1.51. The van der Waals surface area contributed by atoms with Gasteiger partial charge in [0.05, 0.1) is 12.5 Å². The van der Waals surface area contributed by atoms with Gasteiger partial charge in [-0.05, 0) is 74.4 Å². The van der Waals surface area contributed by atoms with Crippen molar-refractivity contribution in [3.63, 3.8) is 0 Å². The number of ketones is 1. The van der Waals surface area contributed by atoms with Crippen LogP contribution in [-0.2, 0) is 25.6 Å². The van der Waals surface area contributed by atoms with E-state index in [9.17, 15) is 19.2 Å². The van der Waals surface area contributed by atoms with Crippen LogP contribution >= 0.6 is 0 Å². The topological polar surface area (TPSA) is 162 Å². The number of carbonyl (C=O) groups excluding carboxylic acids is 4. The summed E-state index contributed by atoms with van der Waals surface area (Å²) in [6.07, 6.45) is 5.23. The van der Waals surface area contributed by atoms with Crippen molar-refractivity contribution in [2.24, 2.45) is 23.1 Å². The fraction of sp³-hybridized carbons (Fsp3) is 0.533. The normalized spacial score (nSPS) is 16.7. The Morgan fingerprint density at radius 1 is 0.923 bits per heavy atom. The highest BCUT2D eigenvalue weighted by Gasteiger charge is 2.36. The number of nitrogens with two attached hydrogens (primary N) is 3. The van der Waals surface area contributed by atoms with Gasteiger partial charge in [0, 0.05) is 18.9 Å². The molecule has 0 unspecified atom stereocenters. The second-order valence-electron chi connectivity index (χ2n) is 10.5. The van der Waals surface area contributed by atoms with Crippen molar-refractivity contribution >= 4 is 34.3 Å². The number of unbranched alkanes of at least 4 members (excludes halogenated alkanes) is 2. The number of carbonyl (C=O) groups is 4. The molecular weight excluding hydrogens is 494 g/mol. The molecule has 2 aromatic carbocycles. The van der Waals surface area contributed by atoms with Gasteiger partial charge in [0.15, 0.2) is 5.78 Å². The summed E-state index contributed by atoms with van der Waals surface area (Å²) >= 11 is 0. The molecular formula is C30H43N5O4. The quantitative estimate of drug-likeness (QED) is 0.240. The van der Waals surface area contributed by atoms with Crippen LogP contribution in [0.2, 0.25) is 0 Å². The van der Waals surface area contributed by atoms with Crippen LogP contribution in [0.4, 0.5) is 0 Å². The lowest BCUT2D eigenvalue weighted by Crippen LogP contribution is -2.48. The van der Waals surface area contributed by atoms with Crippen LogP contribution in [-0.4, -0.2) is 60.1 Å². The van der Waals surface area contributed by atoms with Gasteiger partial charge >= 0.3 is 0 Å². The summed E-state index contributed by atoms with van der Waals surface area (Å²) < 4.78 is 0. The van der Waals surface area contributed by atoms with Crippen molar-refractivity contribution in [3.8, 4) is 0 Å². The van der Waals surface area contributed by atoms with E-state index in [1.54, 1.807) is 4.90 Å². The zero-order valence-electron chi connectivity index (χ0n) is 22.8. The molecule has 9 nitrogen and oxygen atoms in total. The SMILES string of the molecule is NCCCC[C@H](CC(=O)[C@@H]1CCCN1C(=O)Cc1cccc2ccccc12)C(=O)N[C@@H](CCCCN)C(N)=O. The first-order valence-corrected chi connectivity index (χ1v) is 14.1. The summed E-state index contributed by atoms with van der Waals surface area (Å²) in [5.41, 5.74) is 17.6. The molecule has 3 rings (SSSR count). The molecule has 0 saturated carbocycles. The molecule has 0 aliphatic carbocycles. The molecule has 0 bridgehead atoms. The smallest absolute Gasteiger partial charge is 0.239 e. The Morgan fingerprint density at radius 2 is 1.62 bits per heavy atom. The average molecular weight is 538 g/mol. The first-order chi connectivity index (χ1) is 18.8. The highest BCUT2D eigenvalue weighted by atomic mass is 16.2. The summed E-state index contributed by atoms with van der Waals surface area (Å²) in [4.78, 5) is 53.7. The van der Waals surface area contributed by atoms with E-state index in [1.165, 1.54) is 0 Å². The third-order valence-corrected chi connectivity index (χ3v) is 7.60. The van der Waals surface area contributed by atoms with Gasteiger partial charge in [-0.15, -0.1) is 0 Å². The lowest BCUT2D eigenvalue weighted by atomic mass is 9.91. The molecule has 9 heteroatoms. The Morgan fingerprint density at radius 3 is 2.33 bits per heavy atom. The van der Waals surface area contributed by atoms with Gasteiger partial charge in [-0.1, -0.05) is 48.9 Å². The molecule has 2 aromatic rings. The molecule has 3 amide bonds.